The zero-order valence-corrected chi connectivity index (χ0v) is 14.3. The molecule has 0 aliphatic heterocycles. The van der Waals surface area contributed by atoms with Gasteiger partial charge in [-0.25, -0.2) is 0 Å². The first-order chi connectivity index (χ1) is 9.85. The van der Waals surface area contributed by atoms with Crippen LogP contribution in [0, 0.1) is 22.7 Å². The van der Waals surface area contributed by atoms with E-state index in [0.717, 1.165) is 18.8 Å². The number of fused-ring (bicyclic) bond motifs is 1. The highest BCUT2D eigenvalue weighted by molar-refractivity contribution is 5.23. The third kappa shape index (κ3) is 3.04. The molecule has 1 nitrogen and oxygen atoms in total. The maximum Gasteiger partial charge on any atom is 0.0644 e. The van der Waals surface area contributed by atoms with Crippen molar-refractivity contribution in [1.29, 1.82) is 0 Å². The summed E-state index contributed by atoms with van der Waals surface area (Å²) in [6.45, 7) is 13.5. The Kier molecular flexibility index (Phi) is 4.82. The van der Waals surface area contributed by atoms with E-state index in [-0.39, 0.29) is 6.61 Å². The van der Waals surface area contributed by atoms with Crippen LogP contribution in [0.25, 0.3) is 0 Å². The highest BCUT2D eigenvalue weighted by atomic mass is 16.3. The minimum atomic E-state index is 0.217. The first-order valence-electron chi connectivity index (χ1n) is 8.44. The highest BCUT2D eigenvalue weighted by Crippen LogP contribution is 2.60. The van der Waals surface area contributed by atoms with Crippen molar-refractivity contribution in [2.24, 2.45) is 22.7 Å². The molecule has 0 saturated heterocycles. The fraction of sp³-hybridized carbons (Fsp3) is 0.700. The Morgan fingerprint density at radius 1 is 1.38 bits per heavy atom. The summed E-state index contributed by atoms with van der Waals surface area (Å²) in [5.41, 5.74) is 3.25. The normalized spacial score (nSPS) is 35.9. The van der Waals surface area contributed by atoms with Crippen LogP contribution in [0.5, 0.6) is 0 Å². The smallest absolute Gasteiger partial charge is 0.0644 e. The van der Waals surface area contributed by atoms with Gasteiger partial charge in [-0.3, -0.25) is 0 Å². The lowest BCUT2D eigenvalue weighted by Gasteiger charge is -2.57. The first-order valence-corrected chi connectivity index (χ1v) is 8.44. The van der Waals surface area contributed by atoms with Crippen LogP contribution in [-0.4, -0.2) is 11.7 Å². The van der Waals surface area contributed by atoms with Gasteiger partial charge >= 0.3 is 0 Å². The van der Waals surface area contributed by atoms with Gasteiger partial charge in [-0.15, -0.1) is 0 Å². The minimum Gasteiger partial charge on any atom is -0.392 e. The van der Waals surface area contributed by atoms with E-state index in [0.29, 0.717) is 16.7 Å². The Labute approximate surface area is 130 Å². The fourth-order valence-electron chi connectivity index (χ4n) is 4.99. The predicted octanol–water partition coefficient (Wildman–Crippen LogP) is 5.28. The maximum atomic E-state index is 9.81. The van der Waals surface area contributed by atoms with Gasteiger partial charge in [0.25, 0.3) is 0 Å². The second kappa shape index (κ2) is 6.12. The third-order valence-electron chi connectivity index (χ3n) is 6.32. The number of hydrogen-bond acceptors (Lipinski definition) is 1. The maximum absolute atomic E-state index is 9.81. The zero-order valence-electron chi connectivity index (χ0n) is 14.3. The average Bonchev–Trinajstić information content (AvgIpc) is 2.43. The second-order valence-corrected chi connectivity index (χ2v) is 8.01. The lowest BCUT2D eigenvalue weighted by molar-refractivity contribution is -0.0390. The van der Waals surface area contributed by atoms with Crippen LogP contribution in [0.15, 0.2) is 36.0 Å². The van der Waals surface area contributed by atoms with Gasteiger partial charge in [-0.2, -0.15) is 0 Å². The molecular weight excluding hydrogens is 256 g/mol. The van der Waals surface area contributed by atoms with Crippen LogP contribution in [-0.2, 0) is 0 Å². The van der Waals surface area contributed by atoms with Crippen molar-refractivity contribution in [3.05, 3.63) is 36.0 Å². The summed E-state index contributed by atoms with van der Waals surface area (Å²) in [6.07, 6.45) is 12.7. The molecule has 1 saturated carbocycles. The van der Waals surface area contributed by atoms with E-state index in [4.69, 9.17) is 0 Å². The molecule has 3 atom stereocenters. The van der Waals surface area contributed by atoms with E-state index in [1.807, 2.05) is 6.08 Å². The van der Waals surface area contributed by atoms with Crippen molar-refractivity contribution in [3.63, 3.8) is 0 Å². The van der Waals surface area contributed by atoms with Crippen molar-refractivity contribution in [2.45, 2.75) is 59.8 Å². The molecule has 2 rings (SSSR count). The van der Waals surface area contributed by atoms with Crippen molar-refractivity contribution >= 4 is 0 Å². The molecule has 21 heavy (non-hydrogen) atoms. The SMILES string of the molecule is C=C/C(C)=C/C[C@H]1C(CO)=CC[C@H]2C(C)(C)CCC[C@@]12C. The summed E-state index contributed by atoms with van der Waals surface area (Å²) in [4.78, 5) is 0. The third-order valence-corrected chi connectivity index (χ3v) is 6.32. The molecule has 0 aromatic heterocycles. The molecule has 0 unspecified atom stereocenters. The quantitative estimate of drug-likeness (QED) is 0.551. The summed E-state index contributed by atoms with van der Waals surface area (Å²) in [7, 11) is 0. The highest BCUT2D eigenvalue weighted by Gasteiger charge is 2.51. The molecular formula is C20H32O. The summed E-state index contributed by atoms with van der Waals surface area (Å²) in [6, 6.07) is 0. The van der Waals surface area contributed by atoms with Gasteiger partial charge < -0.3 is 5.11 Å². The lowest BCUT2D eigenvalue weighted by Crippen LogP contribution is -2.48. The van der Waals surface area contributed by atoms with Crippen molar-refractivity contribution in [1.82, 2.24) is 0 Å². The molecule has 0 heterocycles. The van der Waals surface area contributed by atoms with Crippen LogP contribution < -0.4 is 0 Å². The van der Waals surface area contributed by atoms with Gasteiger partial charge in [-0.1, -0.05) is 57.6 Å². The molecule has 0 spiro atoms. The fourth-order valence-corrected chi connectivity index (χ4v) is 4.99. The molecule has 2 aliphatic rings. The first kappa shape index (κ1) is 16.5. The van der Waals surface area contributed by atoms with Gasteiger partial charge in [0.1, 0.15) is 0 Å². The molecule has 0 radical (unpaired) electrons. The van der Waals surface area contributed by atoms with Crippen LogP contribution in [0.2, 0.25) is 0 Å². The number of aliphatic hydroxyl groups is 1. The average molecular weight is 288 g/mol. The molecule has 1 fully saturated rings. The summed E-state index contributed by atoms with van der Waals surface area (Å²) in [5.74, 6) is 1.22. The summed E-state index contributed by atoms with van der Waals surface area (Å²) in [5, 5.41) is 9.81. The van der Waals surface area contributed by atoms with E-state index in [2.05, 4.69) is 46.4 Å². The van der Waals surface area contributed by atoms with Crippen molar-refractivity contribution in [3.8, 4) is 0 Å². The topological polar surface area (TPSA) is 20.2 Å². The van der Waals surface area contributed by atoms with Gasteiger partial charge in [0.15, 0.2) is 0 Å². The Morgan fingerprint density at radius 3 is 2.71 bits per heavy atom. The lowest BCUT2D eigenvalue weighted by atomic mass is 9.48. The minimum absolute atomic E-state index is 0.217. The molecule has 1 heteroatoms. The van der Waals surface area contributed by atoms with Crippen LogP contribution in [0.4, 0.5) is 0 Å². The zero-order chi connectivity index (χ0) is 15.7. The monoisotopic (exact) mass is 288 g/mol. The second-order valence-electron chi connectivity index (χ2n) is 8.01. The van der Waals surface area contributed by atoms with E-state index in [1.165, 1.54) is 30.4 Å². The number of allylic oxidation sites excluding steroid dienone is 4. The van der Waals surface area contributed by atoms with E-state index in [1.54, 1.807) is 0 Å². The Bertz CT molecular complexity index is 454. The largest absolute Gasteiger partial charge is 0.392 e. The molecule has 118 valence electrons. The number of rotatable bonds is 4. The number of aliphatic hydroxyl groups excluding tert-OH is 1. The van der Waals surface area contributed by atoms with E-state index >= 15 is 0 Å². The Morgan fingerprint density at radius 2 is 2.10 bits per heavy atom. The van der Waals surface area contributed by atoms with Gasteiger partial charge in [0.2, 0.25) is 0 Å². The van der Waals surface area contributed by atoms with Gasteiger partial charge in [0, 0.05) is 0 Å². The molecule has 0 aromatic rings. The van der Waals surface area contributed by atoms with Crippen molar-refractivity contribution < 1.29 is 5.11 Å². The molecule has 0 aromatic carbocycles. The van der Waals surface area contributed by atoms with E-state index < -0.39 is 0 Å². The molecule has 2 aliphatic carbocycles. The van der Waals surface area contributed by atoms with E-state index in [9.17, 15) is 5.11 Å². The van der Waals surface area contributed by atoms with Gasteiger partial charge in [-0.05, 0) is 60.8 Å². The standard InChI is InChI=1S/C20H32O/c1-6-15(2)8-10-17-16(14-21)9-11-18-19(3,4)12-7-13-20(17,18)5/h6,8-9,17-18,21H,1,7,10-14H2,2-5H3/b15-8+/t17-,18-,20-/m0/s1. The predicted molar refractivity (Wildman–Crippen MR) is 91.1 cm³/mol. The number of hydrogen-bond donors (Lipinski definition) is 1. The van der Waals surface area contributed by atoms with Crippen molar-refractivity contribution in [2.75, 3.05) is 6.61 Å². The molecule has 1 N–H and O–H groups in total. The van der Waals surface area contributed by atoms with Gasteiger partial charge in [0.05, 0.1) is 6.61 Å². The van der Waals surface area contributed by atoms with Crippen LogP contribution >= 0.6 is 0 Å². The Hall–Kier alpha value is -0.820. The molecule has 0 bridgehead atoms. The summed E-state index contributed by atoms with van der Waals surface area (Å²) < 4.78 is 0. The Balaban J connectivity index is 2.35. The summed E-state index contributed by atoms with van der Waals surface area (Å²) >= 11 is 0. The van der Waals surface area contributed by atoms with Crippen LogP contribution in [0.1, 0.15) is 59.8 Å². The molecule has 0 amide bonds. The van der Waals surface area contributed by atoms with Crippen LogP contribution in [0.3, 0.4) is 0 Å².